The summed E-state index contributed by atoms with van der Waals surface area (Å²) < 4.78 is 5.38. The van der Waals surface area contributed by atoms with Crippen molar-refractivity contribution in [2.45, 2.75) is 38.4 Å². The molecule has 2 aromatic rings. The largest absolute Gasteiger partial charge is 0.465 e. The first-order valence-corrected chi connectivity index (χ1v) is 10.5. The van der Waals surface area contributed by atoms with E-state index in [1.807, 2.05) is 24.3 Å². The molecule has 0 N–H and O–H groups in total. The van der Waals surface area contributed by atoms with Gasteiger partial charge in [0.25, 0.3) is 0 Å². The molecule has 5 atom stereocenters. The van der Waals surface area contributed by atoms with Gasteiger partial charge in [-0.1, -0.05) is 42.5 Å². The number of esters is 1. The predicted molar refractivity (Wildman–Crippen MR) is 111 cm³/mol. The number of amides is 2. The Bertz CT molecular complexity index is 1020. The summed E-state index contributed by atoms with van der Waals surface area (Å²) in [5, 5.41) is 0. The third kappa shape index (κ3) is 2.56. The van der Waals surface area contributed by atoms with Crippen molar-refractivity contribution < 1.29 is 19.1 Å². The van der Waals surface area contributed by atoms with E-state index in [1.165, 1.54) is 10.5 Å². The summed E-state index contributed by atoms with van der Waals surface area (Å²) in [5.74, 6) is -2.31. The number of hydrogen-bond acceptors (Lipinski definition) is 5. The summed E-state index contributed by atoms with van der Waals surface area (Å²) >= 11 is 0. The minimum Gasteiger partial charge on any atom is -0.465 e. The van der Waals surface area contributed by atoms with Crippen LogP contribution in [0.1, 0.15) is 31.0 Å². The molecule has 2 fully saturated rings. The van der Waals surface area contributed by atoms with Crippen LogP contribution in [0.2, 0.25) is 0 Å². The summed E-state index contributed by atoms with van der Waals surface area (Å²) in [7, 11) is 0. The zero-order valence-corrected chi connectivity index (χ0v) is 17.0. The van der Waals surface area contributed by atoms with Crippen LogP contribution in [-0.2, 0) is 25.5 Å². The number of hydrogen-bond donors (Lipinski definition) is 0. The second-order valence-electron chi connectivity index (χ2n) is 8.24. The Hall–Kier alpha value is -2.99. The lowest BCUT2D eigenvalue weighted by Gasteiger charge is -2.41. The molecule has 0 saturated carbocycles. The number of imide groups is 1. The van der Waals surface area contributed by atoms with Crippen LogP contribution in [0.25, 0.3) is 0 Å². The molecule has 3 aliphatic heterocycles. The molecular weight excluding hydrogens is 380 g/mol. The van der Waals surface area contributed by atoms with Crippen LogP contribution in [0.15, 0.2) is 54.6 Å². The van der Waals surface area contributed by atoms with Crippen molar-refractivity contribution in [3.8, 4) is 0 Å². The number of carbonyl (C=O) groups excluding carboxylic acids is 3. The van der Waals surface area contributed by atoms with Gasteiger partial charge in [-0.3, -0.25) is 19.3 Å². The number of nitrogens with zero attached hydrogens (tertiary/aromatic N) is 2. The summed E-state index contributed by atoms with van der Waals surface area (Å²) in [6.45, 7) is 4.05. The second-order valence-corrected chi connectivity index (χ2v) is 8.24. The van der Waals surface area contributed by atoms with E-state index in [1.54, 1.807) is 31.2 Å². The molecule has 6 heteroatoms. The Morgan fingerprint density at radius 2 is 1.67 bits per heavy atom. The first-order valence-electron chi connectivity index (χ1n) is 10.5. The standard InChI is InChI=1S/C24H24N2O4/c1-3-30-24(29)21-19-18(22(27)26(23(19)28)16-10-5-4-6-11-16)20-17-12-8-7-9-15(17)13-14(2)25(20)21/h4-12,14,18-21H,3,13H2,1-2H3/t14-,18-,19+,20-,21+/m1/s1. The molecule has 3 heterocycles. The molecule has 30 heavy (non-hydrogen) atoms. The first-order chi connectivity index (χ1) is 14.5. The summed E-state index contributed by atoms with van der Waals surface area (Å²) in [6, 6.07) is 16.0. The van der Waals surface area contributed by atoms with Crippen LogP contribution in [-0.4, -0.2) is 41.4 Å². The molecular formula is C24H24N2O4. The van der Waals surface area contributed by atoms with Crippen molar-refractivity contribution in [1.29, 1.82) is 0 Å². The van der Waals surface area contributed by atoms with Crippen LogP contribution in [0.4, 0.5) is 5.69 Å². The van der Waals surface area contributed by atoms with E-state index in [0.29, 0.717) is 5.69 Å². The maximum Gasteiger partial charge on any atom is 0.324 e. The lowest BCUT2D eigenvalue weighted by molar-refractivity contribution is -0.153. The highest BCUT2D eigenvalue weighted by Gasteiger charge is 2.66. The monoisotopic (exact) mass is 404 g/mol. The fourth-order valence-electron chi connectivity index (χ4n) is 5.58. The van der Waals surface area contributed by atoms with E-state index < -0.39 is 23.8 Å². The molecule has 154 valence electrons. The van der Waals surface area contributed by atoms with Gasteiger partial charge in [0.15, 0.2) is 0 Å². The molecule has 2 aromatic carbocycles. The van der Waals surface area contributed by atoms with Gasteiger partial charge >= 0.3 is 5.97 Å². The zero-order chi connectivity index (χ0) is 21.0. The van der Waals surface area contributed by atoms with Crippen LogP contribution in [0, 0.1) is 11.8 Å². The van der Waals surface area contributed by atoms with E-state index in [4.69, 9.17) is 4.74 Å². The quantitative estimate of drug-likeness (QED) is 0.581. The Kier molecular flexibility index (Phi) is 4.47. The van der Waals surface area contributed by atoms with Crippen molar-refractivity contribution in [1.82, 2.24) is 4.90 Å². The molecule has 0 spiro atoms. The van der Waals surface area contributed by atoms with Gasteiger partial charge in [-0.05, 0) is 43.5 Å². The minimum atomic E-state index is -0.756. The van der Waals surface area contributed by atoms with Crippen LogP contribution < -0.4 is 4.90 Å². The van der Waals surface area contributed by atoms with Crippen LogP contribution >= 0.6 is 0 Å². The van der Waals surface area contributed by atoms with E-state index in [-0.39, 0.29) is 30.5 Å². The predicted octanol–water partition coefficient (Wildman–Crippen LogP) is 2.73. The maximum absolute atomic E-state index is 13.6. The normalized spacial score (nSPS) is 30.1. The highest BCUT2D eigenvalue weighted by Crippen LogP contribution is 2.54. The number of benzene rings is 2. The fraction of sp³-hybridized carbons (Fsp3) is 0.375. The number of ether oxygens (including phenoxy) is 1. The van der Waals surface area contributed by atoms with Crippen molar-refractivity contribution in [3.05, 3.63) is 65.7 Å². The summed E-state index contributed by atoms with van der Waals surface area (Å²) in [5.41, 5.74) is 2.76. The van der Waals surface area contributed by atoms with E-state index >= 15 is 0 Å². The number of carbonyl (C=O) groups is 3. The minimum absolute atomic E-state index is 0.0238. The third-order valence-corrected chi connectivity index (χ3v) is 6.66. The topological polar surface area (TPSA) is 66.9 Å². The summed E-state index contributed by atoms with van der Waals surface area (Å²) in [6.07, 6.45) is 0.771. The summed E-state index contributed by atoms with van der Waals surface area (Å²) in [4.78, 5) is 43.5. The first kappa shape index (κ1) is 19.0. The molecule has 0 radical (unpaired) electrons. The SMILES string of the molecule is CCOC(=O)[C@@H]1[C@H]2C(=O)N(c3ccccc3)C(=O)[C@H]2[C@H]2c3ccccc3C[C@@H](C)N12. The fourth-order valence-corrected chi connectivity index (χ4v) is 5.58. The Morgan fingerprint density at radius 3 is 2.40 bits per heavy atom. The molecule has 2 saturated heterocycles. The van der Waals surface area contributed by atoms with Gasteiger partial charge in [-0.2, -0.15) is 0 Å². The number of fused-ring (bicyclic) bond motifs is 5. The molecule has 0 bridgehead atoms. The van der Waals surface area contributed by atoms with E-state index in [9.17, 15) is 14.4 Å². The highest BCUT2D eigenvalue weighted by molar-refractivity contribution is 6.23. The van der Waals surface area contributed by atoms with Gasteiger partial charge < -0.3 is 4.74 Å². The molecule has 0 aliphatic carbocycles. The average molecular weight is 404 g/mol. The van der Waals surface area contributed by atoms with Crippen LogP contribution in [0.5, 0.6) is 0 Å². The molecule has 6 nitrogen and oxygen atoms in total. The van der Waals surface area contributed by atoms with E-state index in [0.717, 1.165) is 12.0 Å². The number of rotatable bonds is 3. The van der Waals surface area contributed by atoms with Gasteiger partial charge in [0.05, 0.1) is 24.1 Å². The van der Waals surface area contributed by atoms with Crippen LogP contribution in [0.3, 0.4) is 0 Å². The third-order valence-electron chi connectivity index (χ3n) is 6.66. The van der Waals surface area contributed by atoms with Gasteiger partial charge in [-0.15, -0.1) is 0 Å². The maximum atomic E-state index is 13.6. The zero-order valence-electron chi connectivity index (χ0n) is 17.0. The number of para-hydroxylation sites is 1. The van der Waals surface area contributed by atoms with Crippen molar-refractivity contribution >= 4 is 23.5 Å². The second kappa shape index (κ2) is 7.06. The van der Waals surface area contributed by atoms with Crippen molar-refractivity contribution in [3.63, 3.8) is 0 Å². The molecule has 2 amide bonds. The Balaban J connectivity index is 1.66. The Labute approximate surface area is 175 Å². The van der Waals surface area contributed by atoms with Gasteiger partial charge in [0, 0.05) is 12.1 Å². The lowest BCUT2D eigenvalue weighted by Crippen LogP contribution is -2.52. The number of anilines is 1. The molecule has 3 aliphatic rings. The molecule has 0 unspecified atom stereocenters. The van der Waals surface area contributed by atoms with Gasteiger partial charge in [-0.25, -0.2) is 4.90 Å². The van der Waals surface area contributed by atoms with Gasteiger partial charge in [0.2, 0.25) is 11.8 Å². The average Bonchev–Trinajstić information content (AvgIpc) is 3.23. The Morgan fingerprint density at radius 1 is 1.00 bits per heavy atom. The smallest absolute Gasteiger partial charge is 0.324 e. The van der Waals surface area contributed by atoms with Crippen molar-refractivity contribution in [2.75, 3.05) is 11.5 Å². The molecule has 0 aromatic heterocycles. The van der Waals surface area contributed by atoms with Gasteiger partial charge in [0.1, 0.15) is 6.04 Å². The van der Waals surface area contributed by atoms with E-state index in [2.05, 4.69) is 17.9 Å². The molecule has 5 rings (SSSR count). The van der Waals surface area contributed by atoms with Crippen molar-refractivity contribution in [2.24, 2.45) is 11.8 Å². The lowest BCUT2D eigenvalue weighted by atomic mass is 9.82. The highest BCUT2D eigenvalue weighted by atomic mass is 16.5.